The fourth-order valence-corrected chi connectivity index (χ4v) is 4.54. The number of amides is 1. The van der Waals surface area contributed by atoms with Crippen LogP contribution in [0.4, 0.5) is 0 Å². The standard InChI is InChI=1S/C28H25N3O3/c29-11-9-18-5-7-19(8-6-18)21-13-20-10-12-34-27(20)25(15-21)28(33)31-23(17-32)14-22-16-30-26-4-2-1-3-24(22)26/h1-8,13,15-16,23,30,32H,9-10,12,14,17H2,(H,31,33)/t23-/m1/s1. The summed E-state index contributed by atoms with van der Waals surface area (Å²) in [6.45, 7) is 0.368. The number of carbonyl (C=O) groups excluding carboxylic acids is 1. The number of fused-ring (bicyclic) bond motifs is 2. The molecule has 1 amide bonds. The summed E-state index contributed by atoms with van der Waals surface area (Å²) < 4.78 is 5.81. The molecule has 1 aliphatic rings. The molecule has 0 saturated carbocycles. The molecule has 0 unspecified atom stereocenters. The molecule has 170 valence electrons. The average molecular weight is 452 g/mol. The van der Waals surface area contributed by atoms with Crippen molar-refractivity contribution in [3.05, 3.63) is 89.1 Å². The summed E-state index contributed by atoms with van der Waals surface area (Å²) in [5, 5.41) is 23.0. The van der Waals surface area contributed by atoms with Gasteiger partial charge in [-0.2, -0.15) is 5.26 Å². The molecular weight excluding hydrogens is 426 g/mol. The number of benzene rings is 3. The van der Waals surface area contributed by atoms with Crippen LogP contribution in [0.25, 0.3) is 22.0 Å². The number of aliphatic hydroxyl groups is 1. The Bertz CT molecular complexity index is 1380. The van der Waals surface area contributed by atoms with Crippen molar-refractivity contribution in [2.75, 3.05) is 13.2 Å². The van der Waals surface area contributed by atoms with E-state index in [4.69, 9.17) is 10.00 Å². The number of aliphatic hydroxyl groups excluding tert-OH is 1. The number of nitriles is 1. The van der Waals surface area contributed by atoms with Crippen molar-refractivity contribution in [2.24, 2.45) is 0 Å². The van der Waals surface area contributed by atoms with Gasteiger partial charge in [-0.3, -0.25) is 4.79 Å². The van der Waals surface area contributed by atoms with Gasteiger partial charge in [0, 0.05) is 23.5 Å². The van der Waals surface area contributed by atoms with Crippen molar-refractivity contribution in [1.82, 2.24) is 10.3 Å². The van der Waals surface area contributed by atoms with Crippen LogP contribution in [0, 0.1) is 11.3 Å². The maximum absolute atomic E-state index is 13.3. The number of hydrogen-bond donors (Lipinski definition) is 3. The van der Waals surface area contributed by atoms with E-state index in [1.165, 1.54) is 0 Å². The maximum Gasteiger partial charge on any atom is 0.255 e. The normalized spacial score (nSPS) is 13.2. The first-order valence-corrected chi connectivity index (χ1v) is 11.4. The Kier molecular flexibility index (Phi) is 6.03. The molecule has 6 nitrogen and oxygen atoms in total. The van der Waals surface area contributed by atoms with Gasteiger partial charge in [-0.05, 0) is 52.4 Å². The molecule has 0 bridgehead atoms. The van der Waals surface area contributed by atoms with Gasteiger partial charge in [-0.25, -0.2) is 0 Å². The zero-order valence-electron chi connectivity index (χ0n) is 18.7. The van der Waals surface area contributed by atoms with Crippen LogP contribution in [-0.4, -0.2) is 35.3 Å². The third-order valence-corrected chi connectivity index (χ3v) is 6.30. The van der Waals surface area contributed by atoms with Gasteiger partial charge in [0.2, 0.25) is 0 Å². The SMILES string of the molecule is N#CCc1ccc(-c2cc3c(c(C(=O)N[C@@H](CO)Cc4c[nH]c5ccccc45)c2)OCC3)cc1. The lowest BCUT2D eigenvalue weighted by Crippen LogP contribution is -2.39. The monoisotopic (exact) mass is 451 g/mol. The number of aromatic nitrogens is 1. The first-order chi connectivity index (χ1) is 16.7. The lowest BCUT2D eigenvalue weighted by molar-refractivity contribution is 0.0913. The number of rotatable bonds is 7. The molecular formula is C28H25N3O3. The van der Waals surface area contributed by atoms with Gasteiger partial charge in [0.15, 0.2) is 0 Å². The summed E-state index contributed by atoms with van der Waals surface area (Å²) in [6.07, 6.45) is 3.55. The third kappa shape index (κ3) is 4.26. The van der Waals surface area contributed by atoms with Gasteiger partial charge in [0.05, 0.1) is 37.3 Å². The molecule has 5 rings (SSSR count). The van der Waals surface area contributed by atoms with E-state index in [2.05, 4.69) is 22.4 Å². The van der Waals surface area contributed by atoms with Crippen LogP contribution in [0.3, 0.4) is 0 Å². The van der Waals surface area contributed by atoms with Gasteiger partial charge in [0.25, 0.3) is 5.91 Å². The molecule has 3 aromatic carbocycles. The topological polar surface area (TPSA) is 98.1 Å². The van der Waals surface area contributed by atoms with Gasteiger partial charge in [-0.1, -0.05) is 42.5 Å². The summed E-state index contributed by atoms with van der Waals surface area (Å²) >= 11 is 0. The van der Waals surface area contributed by atoms with Gasteiger partial charge >= 0.3 is 0 Å². The molecule has 2 heterocycles. The third-order valence-electron chi connectivity index (χ3n) is 6.30. The van der Waals surface area contributed by atoms with E-state index in [1.807, 2.05) is 60.8 Å². The minimum Gasteiger partial charge on any atom is -0.492 e. The molecule has 3 N–H and O–H groups in total. The Hall–Kier alpha value is -4.08. The molecule has 0 aliphatic carbocycles. The molecule has 1 aliphatic heterocycles. The van der Waals surface area contributed by atoms with Gasteiger partial charge in [-0.15, -0.1) is 0 Å². The number of para-hydroxylation sites is 1. The summed E-state index contributed by atoms with van der Waals surface area (Å²) in [5.74, 6) is 0.353. The molecule has 4 aromatic rings. The van der Waals surface area contributed by atoms with Crippen LogP contribution in [-0.2, 0) is 19.3 Å². The second-order valence-corrected chi connectivity index (χ2v) is 8.56. The zero-order valence-corrected chi connectivity index (χ0v) is 18.7. The highest BCUT2D eigenvalue weighted by molar-refractivity contribution is 5.99. The highest BCUT2D eigenvalue weighted by Crippen LogP contribution is 2.35. The van der Waals surface area contributed by atoms with Crippen LogP contribution in [0.2, 0.25) is 0 Å². The van der Waals surface area contributed by atoms with E-state index in [9.17, 15) is 9.90 Å². The summed E-state index contributed by atoms with van der Waals surface area (Å²) in [6, 6.07) is 21.4. The molecule has 34 heavy (non-hydrogen) atoms. The van der Waals surface area contributed by atoms with Crippen LogP contribution in [0.15, 0.2) is 66.9 Å². The number of hydrogen-bond acceptors (Lipinski definition) is 4. The summed E-state index contributed by atoms with van der Waals surface area (Å²) in [7, 11) is 0. The summed E-state index contributed by atoms with van der Waals surface area (Å²) in [5.41, 5.74) is 6.40. The van der Waals surface area contributed by atoms with E-state index in [-0.39, 0.29) is 12.5 Å². The van der Waals surface area contributed by atoms with Crippen molar-refractivity contribution in [3.63, 3.8) is 0 Å². The number of carbonyl (C=O) groups is 1. The van der Waals surface area contributed by atoms with E-state index in [1.54, 1.807) is 0 Å². The van der Waals surface area contributed by atoms with Gasteiger partial charge < -0.3 is 20.1 Å². The molecule has 0 saturated heterocycles. The van der Waals surface area contributed by atoms with Crippen LogP contribution >= 0.6 is 0 Å². The minimum absolute atomic E-state index is 0.172. The Morgan fingerprint density at radius 2 is 1.97 bits per heavy atom. The van der Waals surface area contributed by atoms with E-state index >= 15 is 0 Å². The lowest BCUT2D eigenvalue weighted by Gasteiger charge is -2.18. The summed E-state index contributed by atoms with van der Waals surface area (Å²) in [4.78, 5) is 16.6. The Labute approximate surface area is 197 Å². The second kappa shape index (κ2) is 9.42. The zero-order chi connectivity index (χ0) is 23.5. The average Bonchev–Trinajstić information content (AvgIpc) is 3.51. The van der Waals surface area contributed by atoms with Crippen molar-refractivity contribution >= 4 is 16.8 Å². The van der Waals surface area contributed by atoms with Crippen molar-refractivity contribution in [2.45, 2.75) is 25.3 Å². The Morgan fingerprint density at radius 3 is 2.76 bits per heavy atom. The molecule has 1 atom stereocenters. The number of H-pyrrole nitrogens is 1. The van der Waals surface area contributed by atoms with Crippen LogP contribution < -0.4 is 10.1 Å². The molecule has 0 radical (unpaired) electrons. The maximum atomic E-state index is 13.3. The molecule has 0 spiro atoms. The molecule has 0 fully saturated rings. The molecule has 6 heteroatoms. The fraction of sp³-hybridized carbons (Fsp3) is 0.214. The fourth-order valence-electron chi connectivity index (χ4n) is 4.54. The molecule has 1 aromatic heterocycles. The first-order valence-electron chi connectivity index (χ1n) is 11.4. The predicted molar refractivity (Wildman–Crippen MR) is 131 cm³/mol. The van der Waals surface area contributed by atoms with Crippen molar-refractivity contribution < 1.29 is 14.6 Å². The minimum atomic E-state index is -0.433. The number of aromatic amines is 1. The van der Waals surface area contributed by atoms with E-state index in [0.717, 1.165) is 45.1 Å². The predicted octanol–water partition coefficient (Wildman–Crippen LogP) is 4.17. The van der Waals surface area contributed by atoms with E-state index in [0.29, 0.717) is 30.8 Å². The largest absolute Gasteiger partial charge is 0.492 e. The second-order valence-electron chi connectivity index (χ2n) is 8.56. The van der Waals surface area contributed by atoms with Crippen molar-refractivity contribution in [1.29, 1.82) is 5.26 Å². The lowest BCUT2D eigenvalue weighted by atomic mass is 9.96. The Balaban J connectivity index is 1.40. The highest BCUT2D eigenvalue weighted by Gasteiger charge is 2.24. The van der Waals surface area contributed by atoms with Crippen molar-refractivity contribution in [3.8, 4) is 22.9 Å². The van der Waals surface area contributed by atoms with Crippen LogP contribution in [0.1, 0.15) is 27.0 Å². The smallest absolute Gasteiger partial charge is 0.255 e. The van der Waals surface area contributed by atoms with E-state index < -0.39 is 6.04 Å². The number of ether oxygens (including phenoxy) is 1. The highest BCUT2D eigenvalue weighted by atomic mass is 16.5. The number of nitrogens with one attached hydrogen (secondary N) is 2. The quantitative estimate of drug-likeness (QED) is 0.393. The van der Waals surface area contributed by atoms with Gasteiger partial charge in [0.1, 0.15) is 5.75 Å². The first kappa shape index (κ1) is 21.7. The Morgan fingerprint density at radius 1 is 1.15 bits per heavy atom. The number of nitrogens with zero attached hydrogens (tertiary/aromatic N) is 1. The van der Waals surface area contributed by atoms with Crippen LogP contribution in [0.5, 0.6) is 5.75 Å².